The lowest BCUT2D eigenvalue weighted by Crippen LogP contribution is -2.00. The Hall–Kier alpha value is -1.06. The summed E-state index contributed by atoms with van der Waals surface area (Å²) in [4.78, 5) is 0. The zero-order valence-electron chi connectivity index (χ0n) is 8.58. The standard InChI is InChI=1S/C11H15O3/c1-12-7-6-10-4-3-5-11(8-10)14-9-13-2/h3,5,8H,6-7,9H2,1-2H3. The minimum absolute atomic E-state index is 0.272. The molecule has 0 amide bonds. The summed E-state index contributed by atoms with van der Waals surface area (Å²) in [5, 5.41) is 0. The van der Waals surface area contributed by atoms with Crippen LogP contribution >= 0.6 is 0 Å². The lowest BCUT2D eigenvalue weighted by Gasteiger charge is -2.06. The Labute approximate surface area is 84.6 Å². The van der Waals surface area contributed by atoms with E-state index in [2.05, 4.69) is 6.07 Å². The molecule has 3 heteroatoms. The molecule has 0 saturated carbocycles. The van der Waals surface area contributed by atoms with Crippen molar-refractivity contribution in [2.24, 2.45) is 0 Å². The van der Waals surface area contributed by atoms with Crippen molar-refractivity contribution in [1.29, 1.82) is 0 Å². The van der Waals surface area contributed by atoms with Gasteiger partial charge in [-0.1, -0.05) is 6.07 Å². The molecule has 1 aromatic carbocycles. The van der Waals surface area contributed by atoms with E-state index in [0.717, 1.165) is 17.7 Å². The van der Waals surface area contributed by atoms with Crippen molar-refractivity contribution in [3.05, 3.63) is 29.8 Å². The van der Waals surface area contributed by atoms with Crippen LogP contribution in [-0.2, 0) is 15.9 Å². The van der Waals surface area contributed by atoms with Crippen LogP contribution in [0.1, 0.15) is 5.56 Å². The van der Waals surface area contributed by atoms with Crippen LogP contribution in [0.15, 0.2) is 18.2 Å². The van der Waals surface area contributed by atoms with Crippen LogP contribution in [0.4, 0.5) is 0 Å². The quantitative estimate of drug-likeness (QED) is 0.646. The summed E-state index contributed by atoms with van der Waals surface area (Å²) in [5.41, 5.74) is 1.08. The molecular formula is C11H15O3. The maximum Gasteiger partial charge on any atom is 0.188 e. The molecule has 1 rings (SSSR count). The van der Waals surface area contributed by atoms with Gasteiger partial charge >= 0.3 is 0 Å². The van der Waals surface area contributed by atoms with Crippen molar-refractivity contribution in [3.8, 4) is 5.75 Å². The van der Waals surface area contributed by atoms with E-state index < -0.39 is 0 Å². The molecule has 0 spiro atoms. The van der Waals surface area contributed by atoms with E-state index in [1.54, 1.807) is 14.2 Å². The Balaban J connectivity index is 2.50. The van der Waals surface area contributed by atoms with E-state index in [1.165, 1.54) is 0 Å². The number of ether oxygens (including phenoxy) is 3. The van der Waals surface area contributed by atoms with Gasteiger partial charge in [-0.2, -0.15) is 0 Å². The largest absolute Gasteiger partial charge is 0.468 e. The lowest BCUT2D eigenvalue weighted by molar-refractivity contribution is 0.0510. The third-order valence-corrected chi connectivity index (χ3v) is 1.75. The van der Waals surface area contributed by atoms with Gasteiger partial charge < -0.3 is 14.2 Å². The van der Waals surface area contributed by atoms with Crippen molar-refractivity contribution in [2.45, 2.75) is 6.42 Å². The molecule has 0 fully saturated rings. The molecule has 0 aliphatic carbocycles. The van der Waals surface area contributed by atoms with Crippen LogP contribution in [0.25, 0.3) is 0 Å². The Morgan fingerprint density at radius 1 is 1.29 bits per heavy atom. The van der Waals surface area contributed by atoms with Crippen molar-refractivity contribution in [2.75, 3.05) is 27.6 Å². The summed E-state index contributed by atoms with van der Waals surface area (Å²) >= 11 is 0. The molecule has 0 aromatic heterocycles. The van der Waals surface area contributed by atoms with Gasteiger partial charge in [0.15, 0.2) is 6.79 Å². The zero-order valence-corrected chi connectivity index (χ0v) is 8.58. The second-order valence-electron chi connectivity index (χ2n) is 2.84. The summed E-state index contributed by atoms with van der Waals surface area (Å²) in [7, 11) is 3.28. The molecule has 1 aromatic rings. The topological polar surface area (TPSA) is 27.7 Å². The highest BCUT2D eigenvalue weighted by molar-refractivity contribution is 5.27. The first-order valence-corrected chi connectivity index (χ1v) is 4.48. The molecular weight excluding hydrogens is 180 g/mol. The Kier molecular flexibility index (Phi) is 5.04. The molecule has 0 aliphatic rings. The Morgan fingerprint density at radius 3 is 2.86 bits per heavy atom. The number of hydrogen-bond acceptors (Lipinski definition) is 3. The van der Waals surface area contributed by atoms with Crippen molar-refractivity contribution >= 4 is 0 Å². The molecule has 3 nitrogen and oxygen atoms in total. The predicted molar refractivity (Wildman–Crippen MR) is 53.4 cm³/mol. The van der Waals surface area contributed by atoms with Gasteiger partial charge in [0.05, 0.1) is 6.61 Å². The van der Waals surface area contributed by atoms with Gasteiger partial charge in [-0.25, -0.2) is 0 Å². The van der Waals surface area contributed by atoms with Crippen molar-refractivity contribution in [1.82, 2.24) is 0 Å². The summed E-state index contributed by atoms with van der Waals surface area (Å²) in [6.45, 7) is 0.970. The molecule has 0 aliphatic heterocycles. The molecule has 0 atom stereocenters. The third-order valence-electron chi connectivity index (χ3n) is 1.75. The van der Waals surface area contributed by atoms with E-state index in [0.29, 0.717) is 6.61 Å². The number of rotatable bonds is 6. The Bertz CT molecular complexity index is 237. The van der Waals surface area contributed by atoms with Gasteiger partial charge in [0.2, 0.25) is 0 Å². The average molecular weight is 195 g/mol. The van der Waals surface area contributed by atoms with Gasteiger partial charge in [-0.05, 0) is 30.2 Å². The molecule has 0 bridgehead atoms. The van der Waals surface area contributed by atoms with Crippen LogP contribution in [0.2, 0.25) is 0 Å². The van der Waals surface area contributed by atoms with Crippen molar-refractivity contribution < 1.29 is 14.2 Å². The minimum Gasteiger partial charge on any atom is -0.468 e. The second kappa shape index (κ2) is 6.40. The monoisotopic (exact) mass is 195 g/mol. The molecule has 0 unspecified atom stereocenters. The molecule has 77 valence electrons. The fraction of sp³-hybridized carbons (Fsp3) is 0.455. The first-order valence-electron chi connectivity index (χ1n) is 4.48. The first-order chi connectivity index (χ1) is 6.86. The van der Waals surface area contributed by atoms with E-state index in [9.17, 15) is 0 Å². The predicted octanol–water partition coefficient (Wildman–Crippen LogP) is 1.66. The van der Waals surface area contributed by atoms with E-state index in [1.807, 2.05) is 18.2 Å². The van der Waals surface area contributed by atoms with Crippen molar-refractivity contribution in [3.63, 3.8) is 0 Å². The van der Waals surface area contributed by atoms with Crippen LogP contribution in [-0.4, -0.2) is 27.6 Å². The fourth-order valence-corrected chi connectivity index (χ4v) is 1.07. The summed E-state index contributed by atoms with van der Waals surface area (Å²) in [6.07, 6.45) is 0.848. The summed E-state index contributed by atoms with van der Waals surface area (Å²) in [5.74, 6) is 0.803. The van der Waals surface area contributed by atoms with Crippen LogP contribution < -0.4 is 4.74 Å². The Morgan fingerprint density at radius 2 is 2.14 bits per heavy atom. The number of benzene rings is 1. The third kappa shape index (κ3) is 3.77. The van der Waals surface area contributed by atoms with Crippen LogP contribution in [0.3, 0.4) is 0 Å². The highest BCUT2D eigenvalue weighted by atomic mass is 16.7. The normalized spacial score (nSPS) is 10.1. The summed E-state index contributed by atoms with van der Waals surface area (Å²) < 4.78 is 15.1. The highest BCUT2D eigenvalue weighted by Crippen LogP contribution is 2.13. The van der Waals surface area contributed by atoms with Gasteiger partial charge in [-0.15, -0.1) is 0 Å². The number of hydrogen-bond donors (Lipinski definition) is 0. The molecule has 0 N–H and O–H groups in total. The minimum atomic E-state index is 0.272. The molecule has 0 heterocycles. The van der Waals surface area contributed by atoms with E-state index in [4.69, 9.17) is 14.2 Å². The maximum absolute atomic E-state index is 5.29. The molecule has 14 heavy (non-hydrogen) atoms. The van der Waals surface area contributed by atoms with Gasteiger partial charge in [-0.3, -0.25) is 0 Å². The van der Waals surface area contributed by atoms with Crippen LogP contribution in [0, 0.1) is 6.07 Å². The van der Waals surface area contributed by atoms with Gasteiger partial charge in [0.1, 0.15) is 5.75 Å². The van der Waals surface area contributed by atoms with E-state index in [-0.39, 0.29) is 6.79 Å². The van der Waals surface area contributed by atoms with Crippen LogP contribution in [0.5, 0.6) is 5.75 Å². The molecule has 0 saturated heterocycles. The van der Waals surface area contributed by atoms with Gasteiger partial charge in [0.25, 0.3) is 0 Å². The number of methoxy groups -OCH3 is 2. The zero-order chi connectivity index (χ0) is 10.2. The first kappa shape index (κ1) is 11.0. The average Bonchev–Trinajstić information content (AvgIpc) is 2.24. The SMILES string of the molecule is COCCc1[c]ccc(OCOC)c1. The molecule has 1 radical (unpaired) electrons. The fourth-order valence-electron chi connectivity index (χ4n) is 1.07. The lowest BCUT2D eigenvalue weighted by atomic mass is 10.1. The second-order valence-corrected chi connectivity index (χ2v) is 2.84. The smallest absolute Gasteiger partial charge is 0.188 e. The van der Waals surface area contributed by atoms with E-state index >= 15 is 0 Å². The maximum atomic E-state index is 5.29. The highest BCUT2D eigenvalue weighted by Gasteiger charge is 1.96. The van der Waals surface area contributed by atoms with Gasteiger partial charge in [0, 0.05) is 14.2 Å². The summed E-state index contributed by atoms with van der Waals surface area (Å²) in [6, 6.07) is 8.76.